The Morgan fingerprint density at radius 1 is 0.972 bits per heavy atom. The molecule has 3 unspecified atom stereocenters. The van der Waals surface area contributed by atoms with Gasteiger partial charge in [0, 0.05) is 18.1 Å². The van der Waals surface area contributed by atoms with E-state index >= 15 is 0 Å². The van der Waals surface area contributed by atoms with Gasteiger partial charge in [-0.05, 0) is 104 Å². The molecule has 4 aliphatic carbocycles. The zero-order valence-corrected chi connectivity index (χ0v) is 21.7. The zero-order valence-electron chi connectivity index (χ0n) is 21.7. The summed E-state index contributed by atoms with van der Waals surface area (Å²) < 4.78 is 10.3. The predicted molar refractivity (Wildman–Crippen MR) is 134 cm³/mol. The number of non-ortho nitro benzene ring substituents is 1. The largest absolute Gasteiger partial charge is 0.514 e. The molecule has 7 heteroatoms. The maximum absolute atomic E-state index is 13.3. The van der Waals surface area contributed by atoms with Crippen LogP contribution in [0.15, 0.2) is 24.3 Å². The van der Waals surface area contributed by atoms with Crippen LogP contribution in [0.25, 0.3) is 0 Å². The van der Waals surface area contributed by atoms with Gasteiger partial charge in [-0.15, -0.1) is 0 Å². The molecule has 0 amide bonds. The molecular weight excluding hydrogens is 458 g/mol. The molecule has 1 aromatic carbocycles. The van der Waals surface area contributed by atoms with Crippen molar-refractivity contribution in [1.29, 1.82) is 0 Å². The lowest BCUT2D eigenvalue weighted by Gasteiger charge is -2.61. The molecule has 0 N–H and O–H groups in total. The highest BCUT2D eigenvalue weighted by Crippen LogP contribution is 2.67. The number of hydrogen-bond acceptors (Lipinski definition) is 6. The second kappa shape index (κ2) is 9.46. The quantitative estimate of drug-likeness (QED) is 0.189. The van der Waals surface area contributed by atoms with Gasteiger partial charge in [0.1, 0.15) is 5.75 Å². The average Bonchev–Trinajstić information content (AvgIpc) is 3.20. The first-order valence-electron chi connectivity index (χ1n) is 13.7. The van der Waals surface area contributed by atoms with Crippen molar-refractivity contribution in [3.8, 4) is 5.75 Å². The number of benzene rings is 1. The first-order valence-corrected chi connectivity index (χ1v) is 13.7. The number of carbonyl (C=O) groups excluding carboxylic acids is 2. The van der Waals surface area contributed by atoms with Crippen LogP contribution in [0.4, 0.5) is 10.5 Å². The van der Waals surface area contributed by atoms with Crippen molar-refractivity contribution < 1.29 is 24.0 Å². The number of nitrogens with zero attached hydrogens (tertiary/aromatic N) is 1. The minimum Gasteiger partial charge on any atom is -0.426 e. The van der Waals surface area contributed by atoms with Gasteiger partial charge < -0.3 is 9.47 Å². The summed E-state index contributed by atoms with van der Waals surface area (Å²) >= 11 is 0. The van der Waals surface area contributed by atoms with E-state index in [-0.39, 0.29) is 35.2 Å². The van der Waals surface area contributed by atoms with Crippen molar-refractivity contribution in [2.45, 2.75) is 78.6 Å². The lowest BCUT2D eigenvalue weighted by atomic mass is 9.44. The number of fused-ring (bicyclic) bond motifs is 5. The van der Waals surface area contributed by atoms with Gasteiger partial charge in [0.25, 0.3) is 5.69 Å². The van der Waals surface area contributed by atoms with Crippen molar-refractivity contribution in [3.63, 3.8) is 0 Å². The molecule has 196 valence electrons. The molecule has 0 radical (unpaired) electrons. The molecule has 8 atom stereocenters. The highest BCUT2D eigenvalue weighted by molar-refractivity contribution is 5.85. The molecule has 5 rings (SSSR count). The standard InChI is InChI=1S/C29H39NO6/c1-18-12-14-28(2)19(16-18)4-9-22-23-10-11-25(29(23,3)15-13-24(22)28)26(31)17-35-27(32)36-21-7-5-20(6-8-21)30(33)34/h5-8,18-19,22-25H,4,9-17H2,1-3H3/t18-,19?,22-,23?,24?,25+,28-,29-/m0/s1. The summed E-state index contributed by atoms with van der Waals surface area (Å²) in [5.41, 5.74) is 0.351. The van der Waals surface area contributed by atoms with E-state index in [9.17, 15) is 19.7 Å². The normalized spacial score (nSPS) is 39.3. The van der Waals surface area contributed by atoms with Crippen LogP contribution in [0.5, 0.6) is 5.75 Å². The van der Waals surface area contributed by atoms with Gasteiger partial charge in [-0.2, -0.15) is 0 Å². The van der Waals surface area contributed by atoms with Crippen molar-refractivity contribution in [3.05, 3.63) is 34.4 Å². The van der Waals surface area contributed by atoms with E-state index in [1.165, 1.54) is 62.8 Å². The van der Waals surface area contributed by atoms with Crippen LogP contribution in [0.1, 0.15) is 78.6 Å². The summed E-state index contributed by atoms with van der Waals surface area (Å²) in [6.07, 6.45) is 10.0. The highest BCUT2D eigenvalue weighted by atomic mass is 16.7. The fourth-order valence-corrected chi connectivity index (χ4v) is 8.99. The van der Waals surface area contributed by atoms with E-state index in [4.69, 9.17) is 9.47 Å². The van der Waals surface area contributed by atoms with Gasteiger partial charge in [-0.1, -0.05) is 27.2 Å². The third-order valence-electron chi connectivity index (χ3n) is 10.9. The number of ether oxygens (including phenoxy) is 2. The molecule has 4 saturated carbocycles. The van der Waals surface area contributed by atoms with Crippen molar-refractivity contribution in [2.24, 2.45) is 46.3 Å². The molecule has 0 heterocycles. The monoisotopic (exact) mass is 497 g/mol. The molecule has 0 bridgehead atoms. The van der Waals surface area contributed by atoms with Gasteiger partial charge in [-0.3, -0.25) is 14.9 Å². The molecule has 7 nitrogen and oxygen atoms in total. The molecule has 4 aliphatic rings. The summed E-state index contributed by atoms with van der Waals surface area (Å²) in [4.78, 5) is 35.7. The number of hydrogen-bond donors (Lipinski definition) is 0. The molecule has 0 aliphatic heterocycles. The molecular formula is C29H39NO6. The third kappa shape index (κ3) is 4.32. The zero-order chi connectivity index (χ0) is 25.7. The van der Waals surface area contributed by atoms with Crippen LogP contribution >= 0.6 is 0 Å². The Morgan fingerprint density at radius 3 is 2.39 bits per heavy atom. The molecule has 4 fully saturated rings. The lowest BCUT2D eigenvalue weighted by molar-refractivity contribution is -0.384. The van der Waals surface area contributed by atoms with E-state index in [0.717, 1.165) is 37.0 Å². The van der Waals surface area contributed by atoms with Crippen molar-refractivity contribution in [2.75, 3.05) is 6.61 Å². The predicted octanol–water partition coefficient (Wildman–Crippen LogP) is 6.97. The Morgan fingerprint density at radius 2 is 1.67 bits per heavy atom. The molecule has 0 saturated heterocycles. The van der Waals surface area contributed by atoms with E-state index in [1.807, 2.05) is 0 Å². The van der Waals surface area contributed by atoms with Crippen LogP contribution in [0.3, 0.4) is 0 Å². The number of carbonyl (C=O) groups is 2. The first kappa shape index (κ1) is 25.2. The smallest absolute Gasteiger partial charge is 0.426 e. The first-order chi connectivity index (χ1) is 17.1. The number of ketones is 1. The maximum Gasteiger partial charge on any atom is 0.514 e. The van der Waals surface area contributed by atoms with Gasteiger partial charge in [-0.25, -0.2) is 4.79 Å². The molecule has 1 aromatic rings. The summed E-state index contributed by atoms with van der Waals surface area (Å²) in [6, 6.07) is 5.19. The number of rotatable bonds is 5. The Bertz CT molecular complexity index is 1020. The maximum atomic E-state index is 13.3. The van der Waals surface area contributed by atoms with Crippen LogP contribution < -0.4 is 4.74 Å². The minimum atomic E-state index is -0.960. The Balaban J connectivity index is 1.19. The summed E-state index contributed by atoms with van der Waals surface area (Å²) in [5.74, 6) is 3.85. The minimum absolute atomic E-state index is 0.00881. The van der Waals surface area contributed by atoms with Crippen LogP contribution in [0, 0.1) is 56.5 Å². The topological polar surface area (TPSA) is 95.7 Å². The van der Waals surface area contributed by atoms with Crippen LogP contribution in [-0.4, -0.2) is 23.5 Å². The van der Waals surface area contributed by atoms with Crippen LogP contribution in [0.2, 0.25) is 0 Å². The second-order valence-corrected chi connectivity index (χ2v) is 12.6. The summed E-state index contributed by atoms with van der Waals surface area (Å²) in [5, 5.41) is 10.8. The SMILES string of the molecule is C[C@H]1CC[C@@]2(C)C(CC[C@@H]3C2CC[C@@]2(C)C3CC[C@@H]2C(=O)COC(=O)Oc2ccc([N+](=O)[O-])cc2)C1. The number of nitro benzene ring substituents is 1. The fraction of sp³-hybridized carbons (Fsp3) is 0.724. The van der Waals surface area contributed by atoms with E-state index < -0.39 is 11.1 Å². The van der Waals surface area contributed by atoms with Crippen molar-refractivity contribution in [1.82, 2.24) is 0 Å². The van der Waals surface area contributed by atoms with Crippen LogP contribution in [-0.2, 0) is 9.53 Å². The molecule has 0 aromatic heterocycles. The molecule has 0 spiro atoms. The number of nitro groups is 1. The van der Waals surface area contributed by atoms with Gasteiger partial charge in [0.05, 0.1) is 4.92 Å². The lowest BCUT2D eigenvalue weighted by Crippen LogP contribution is -2.53. The van der Waals surface area contributed by atoms with Gasteiger partial charge in [0.15, 0.2) is 12.4 Å². The summed E-state index contributed by atoms with van der Waals surface area (Å²) in [7, 11) is 0. The number of Topliss-reactive ketones (excluding diaryl/α,β-unsaturated/α-hetero) is 1. The Kier molecular flexibility index (Phi) is 6.63. The molecule has 36 heavy (non-hydrogen) atoms. The Labute approximate surface area is 213 Å². The average molecular weight is 498 g/mol. The summed E-state index contributed by atoms with van der Waals surface area (Å²) in [6.45, 7) is 7.02. The van der Waals surface area contributed by atoms with E-state index in [2.05, 4.69) is 20.8 Å². The second-order valence-electron chi connectivity index (χ2n) is 12.6. The van der Waals surface area contributed by atoms with E-state index in [0.29, 0.717) is 17.3 Å². The van der Waals surface area contributed by atoms with Gasteiger partial charge in [0.2, 0.25) is 0 Å². The van der Waals surface area contributed by atoms with Crippen molar-refractivity contribution >= 4 is 17.6 Å². The fourth-order valence-electron chi connectivity index (χ4n) is 8.99. The van der Waals surface area contributed by atoms with Gasteiger partial charge >= 0.3 is 6.16 Å². The highest BCUT2D eigenvalue weighted by Gasteiger charge is 2.61. The van der Waals surface area contributed by atoms with E-state index in [1.54, 1.807) is 0 Å². The third-order valence-corrected chi connectivity index (χ3v) is 10.9. The Hall–Kier alpha value is -2.44.